The first-order valence-corrected chi connectivity index (χ1v) is 7.93. The second kappa shape index (κ2) is 5.86. The zero-order valence-corrected chi connectivity index (χ0v) is 12.5. The van der Waals surface area contributed by atoms with Gasteiger partial charge in [0.25, 0.3) is 0 Å². The fraction of sp³-hybridized carbons (Fsp3) is 0.588. The second-order valence-corrected chi connectivity index (χ2v) is 6.00. The zero-order valence-electron chi connectivity index (χ0n) is 12.5. The summed E-state index contributed by atoms with van der Waals surface area (Å²) in [6.07, 6.45) is 9.53. The van der Waals surface area contributed by atoms with E-state index >= 15 is 0 Å². The lowest BCUT2D eigenvalue weighted by atomic mass is 9.93. The van der Waals surface area contributed by atoms with Crippen LogP contribution < -0.4 is 10.2 Å². The number of fused-ring (bicyclic) bond motifs is 2. The fourth-order valence-corrected chi connectivity index (χ4v) is 3.60. The van der Waals surface area contributed by atoms with Gasteiger partial charge in [-0.3, -0.25) is 0 Å². The van der Waals surface area contributed by atoms with E-state index in [9.17, 15) is 0 Å². The van der Waals surface area contributed by atoms with Crippen LogP contribution in [-0.2, 0) is 0 Å². The molecule has 0 saturated heterocycles. The molecule has 20 heavy (non-hydrogen) atoms. The minimum absolute atomic E-state index is 0.812. The minimum atomic E-state index is 0.812. The summed E-state index contributed by atoms with van der Waals surface area (Å²) in [5, 5.41) is 3.56. The Bertz CT molecular complexity index is 462. The van der Waals surface area contributed by atoms with Crippen LogP contribution in [0.5, 0.6) is 0 Å². The van der Waals surface area contributed by atoms with Gasteiger partial charge in [-0.05, 0) is 56.6 Å². The zero-order chi connectivity index (χ0) is 13.9. The largest absolute Gasteiger partial charge is 0.383 e. The SMILES string of the molecule is CCN(CC)c1ccc(NCC2CC3C=CC2C3)cn1. The number of nitrogens with zero attached hydrogens (tertiary/aromatic N) is 2. The highest BCUT2D eigenvalue weighted by Crippen LogP contribution is 2.43. The van der Waals surface area contributed by atoms with Crippen molar-refractivity contribution in [2.75, 3.05) is 29.9 Å². The molecular formula is C17H25N3. The van der Waals surface area contributed by atoms with E-state index in [1.165, 1.54) is 12.8 Å². The van der Waals surface area contributed by atoms with Crippen molar-refractivity contribution in [3.05, 3.63) is 30.5 Å². The Hall–Kier alpha value is -1.51. The maximum atomic E-state index is 4.56. The quantitative estimate of drug-likeness (QED) is 0.802. The van der Waals surface area contributed by atoms with Crippen LogP contribution in [0, 0.1) is 17.8 Å². The molecule has 1 aromatic rings. The van der Waals surface area contributed by atoms with Crippen LogP contribution in [0.3, 0.4) is 0 Å². The van der Waals surface area contributed by atoms with Gasteiger partial charge >= 0.3 is 0 Å². The lowest BCUT2D eigenvalue weighted by Crippen LogP contribution is -2.23. The first kappa shape index (κ1) is 13.5. The fourth-order valence-electron chi connectivity index (χ4n) is 3.60. The third-order valence-corrected chi connectivity index (χ3v) is 4.82. The first-order chi connectivity index (χ1) is 9.80. The molecule has 1 fully saturated rings. The summed E-state index contributed by atoms with van der Waals surface area (Å²) in [5.41, 5.74) is 1.15. The van der Waals surface area contributed by atoms with Gasteiger partial charge in [-0.2, -0.15) is 0 Å². The Morgan fingerprint density at radius 3 is 2.60 bits per heavy atom. The molecule has 0 amide bonds. The lowest BCUT2D eigenvalue weighted by molar-refractivity contribution is 0.472. The molecule has 1 aromatic heterocycles. The molecule has 1 saturated carbocycles. The van der Waals surface area contributed by atoms with E-state index in [1.54, 1.807) is 0 Å². The van der Waals surface area contributed by atoms with Gasteiger partial charge in [0.1, 0.15) is 5.82 Å². The number of hydrogen-bond acceptors (Lipinski definition) is 3. The highest BCUT2D eigenvalue weighted by atomic mass is 15.2. The van der Waals surface area contributed by atoms with E-state index in [0.717, 1.165) is 48.9 Å². The Morgan fingerprint density at radius 1 is 1.20 bits per heavy atom. The highest BCUT2D eigenvalue weighted by molar-refractivity contribution is 5.48. The van der Waals surface area contributed by atoms with E-state index in [1.807, 2.05) is 6.20 Å². The number of nitrogens with one attached hydrogen (secondary N) is 1. The molecule has 0 aliphatic heterocycles. The number of allylic oxidation sites excluding steroid dienone is 2. The molecule has 2 aliphatic carbocycles. The molecule has 3 rings (SSSR count). The number of hydrogen-bond donors (Lipinski definition) is 1. The maximum absolute atomic E-state index is 4.56. The van der Waals surface area contributed by atoms with Gasteiger partial charge in [0.2, 0.25) is 0 Å². The summed E-state index contributed by atoms with van der Waals surface area (Å²) in [7, 11) is 0. The summed E-state index contributed by atoms with van der Waals surface area (Å²) in [5.74, 6) is 3.56. The number of anilines is 2. The molecule has 1 N–H and O–H groups in total. The summed E-state index contributed by atoms with van der Waals surface area (Å²) in [6, 6.07) is 4.28. The van der Waals surface area contributed by atoms with Gasteiger partial charge < -0.3 is 10.2 Å². The normalized spacial score (nSPS) is 27.0. The van der Waals surface area contributed by atoms with Crippen molar-refractivity contribution in [3.63, 3.8) is 0 Å². The molecular weight excluding hydrogens is 246 g/mol. The van der Waals surface area contributed by atoms with Crippen LogP contribution in [0.1, 0.15) is 26.7 Å². The summed E-state index contributed by atoms with van der Waals surface area (Å²) < 4.78 is 0. The van der Waals surface area contributed by atoms with Crippen LogP contribution in [0.4, 0.5) is 11.5 Å². The van der Waals surface area contributed by atoms with Gasteiger partial charge in [-0.25, -0.2) is 4.98 Å². The molecule has 3 atom stereocenters. The van der Waals surface area contributed by atoms with Gasteiger partial charge in [0.05, 0.1) is 11.9 Å². The third-order valence-electron chi connectivity index (χ3n) is 4.82. The Morgan fingerprint density at radius 2 is 2.05 bits per heavy atom. The average molecular weight is 271 g/mol. The molecule has 1 heterocycles. The van der Waals surface area contributed by atoms with Crippen molar-refractivity contribution >= 4 is 11.5 Å². The molecule has 2 aliphatic rings. The van der Waals surface area contributed by atoms with Crippen molar-refractivity contribution in [1.82, 2.24) is 4.98 Å². The second-order valence-electron chi connectivity index (χ2n) is 6.00. The smallest absolute Gasteiger partial charge is 0.128 e. The number of pyridine rings is 1. The Balaban J connectivity index is 1.54. The topological polar surface area (TPSA) is 28.2 Å². The standard InChI is InChI=1S/C17H25N3/c1-3-20(4-2)17-8-7-16(12-19-17)18-11-15-10-13-5-6-14(15)9-13/h5-8,12-15,18H,3-4,9-11H2,1-2H3. The van der Waals surface area contributed by atoms with Crippen molar-refractivity contribution in [2.24, 2.45) is 17.8 Å². The number of rotatable bonds is 6. The van der Waals surface area contributed by atoms with Crippen LogP contribution in [0.25, 0.3) is 0 Å². The molecule has 3 unspecified atom stereocenters. The van der Waals surface area contributed by atoms with E-state index in [4.69, 9.17) is 0 Å². The van der Waals surface area contributed by atoms with Crippen molar-refractivity contribution in [2.45, 2.75) is 26.7 Å². The molecule has 0 radical (unpaired) electrons. The van der Waals surface area contributed by atoms with Crippen molar-refractivity contribution in [1.29, 1.82) is 0 Å². The molecule has 3 nitrogen and oxygen atoms in total. The average Bonchev–Trinajstić information content (AvgIpc) is 3.10. The lowest BCUT2D eigenvalue weighted by Gasteiger charge is -2.21. The maximum Gasteiger partial charge on any atom is 0.128 e. The minimum Gasteiger partial charge on any atom is -0.383 e. The summed E-state index contributed by atoms with van der Waals surface area (Å²) >= 11 is 0. The van der Waals surface area contributed by atoms with Crippen LogP contribution in [-0.4, -0.2) is 24.6 Å². The van der Waals surface area contributed by atoms with Crippen molar-refractivity contribution in [3.8, 4) is 0 Å². The van der Waals surface area contributed by atoms with Gasteiger partial charge in [-0.15, -0.1) is 0 Å². The van der Waals surface area contributed by atoms with E-state index < -0.39 is 0 Å². The van der Waals surface area contributed by atoms with Crippen LogP contribution >= 0.6 is 0 Å². The molecule has 108 valence electrons. The summed E-state index contributed by atoms with van der Waals surface area (Å²) in [4.78, 5) is 6.83. The van der Waals surface area contributed by atoms with E-state index in [0.29, 0.717) is 0 Å². The number of aromatic nitrogens is 1. The van der Waals surface area contributed by atoms with Gasteiger partial charge in [0, 0.05) is 19.6 Å². The van der Waals surface area contributed by atoms with Crippen molar-refractivity contribution < 1.29 is 0 Å². The van der Waals surface area contributed by atoms with E-state index in [-0.39, 0.29) is 0 Å². The third kappa shape index (κ3) is 2.67. The monoisotopic (exact) mass is 271 g/mol. The van der Waals surface area contributed by atoms with E-state index in [2.05, 4.69) is 53.3 Å². The molecule has 0 aromatic carbocycles. The predicted octanol–water partition coefficient (Wildman–Crippen LogP) is 3.55. The first-order valence-electron chi connectivity index (χ1n) is 7.93. The highest BCUT2D eigenvalue weighted by Gasteiger charge is 2.35. The predicted molar refractivity (Wildman–Crippen MR) is 85.1 cm³/mol. The Kier molecular flexibility index (Phi) is 3.95. The van der Waals surface area contributed by atoms with Gasteiger partial charge in [0.15, 0.2) is 0 Å². The molecule has 3 heteroatoms. The van der Waals surface area contributed by atoms with Crippen LogP contribution in [0.2, 0.25) is 0 Å². The van der Waals surface area contributed by atoms with Gasteiger partial charge in [-0.1, -0.05) is 12.2 Å². The van der Waals surface area contributed by atoms with Crippen LogP contribution in [0.15, 0.2) is 30.5 Å². The molecule has 0 spiro atoms. The Labute approximate surface area is 122 Å². The summed E-state index contributed by atoms with van der Waals surface area (Å²) in [6.45, 7) is 7.43. The molecule has 2 bridgehead atoms.